The molecule has 0 aromatic carbocycles. The highest BCUT2D eigenvalue weighted by atomic mass is 16.5. The van der Waals surface area contributed by atoms with E-state index in [1.165, 1.54) is 19.3 Å². The number of hydrogen-bond acceptors (Lipinski definition) is 3. The van der Waals surface area contributed by atoms with Gasteiger partial charge >= 0.3 is 0 Å². The summed E-state index contributed by atoms with van der Waals surface area (Å²) in [6, 6.07) is 0.330. The van der Waals surface area contributed by atoms with E-state index in [1.54, 1.807) is 0 Å². The monoisotopic (exact) mass is 214 g/mol. The molecule has 1 heterocycles. The molecule has 1 rings (SSSR count). The molecule has 0 aromatic rings. The van der Waals surface area contributed by atoms with Crippen LogP contribution in [0.1, 0.15) is 39.5 Å². The molecule has 2 unspecified atom stereocenters. The van der Waals surface area contributed by atoms with Gasteiger partial charge in [0.2, 0.25) is 0 Å². The predicted octanol–water partition coefficient (Wildman–Crippen LogP) is 1.61. The summed E-state index contributed by atoms with van der Waals surface area (Å²) in [7, 11) is 0. The highest BCUT2D eigenvalue weighted by Crippen LogP contribution is 2.13. The second-order valence-corrected chi connectivity index (χ2v) is 4.54. The fourth-order valence-corrected chi connectivity index (χ4v) is 2.20. The molecule has 2 N–H and O–H groups in total. The van der Waals surface area contributed by atoms with Crippen LogP contribution in [0.3, 0.4) is 0 Å². The normalized spacial score (nSPS) is 23.6. The van der Waals surface area contributed by atoms with Gasteiger partial charge in [0, 0.05) is 25.7 Å². The lowest BCUT2D eigenvalue weighted by Crippen LogP contribution is -2.41. The Morgan fingerprint density at radius 1 is 1.47 bits per heavy atom. The lowest BCUT2D eigenvalue weighted by molar-refractivity contribution is 0.0726. The Labute approximate surface area is 94.0 Å². The molecule has 1 saturated heterocycles. The van der Waals surface area contributed by atoms with Crippen LogP contribution in [0.25, 0.3) is 0 Å². The molecule has 0 spiro atoms. The third-order valence-electron chi connectivity index (χ3n) is 3.09. The van der Waals surface area contributed by atoms with Crippen LogP contribution in [-0.4, -0.2) is 43.3 Å². The molecular formula is C12H26N2O. The summed E-state index contributed by atoms with van der Waals surface area (Å²) in [6.07, 6.45) is 5.21. The van der Waals surface area contributed by atoms with Crippen molar-refractivity contribution >= 4 is 0 Å². The van der Waals surface area contributed by atoms with Gasteiger partial charge in [-0.3, -0.25) is 4.90 Å². The van der Waals surface area contributed by atoms with Crippen molar-refractivity contribution in [3.8, 4) is 0 Å². The van der Waals surface area contributed by atoms with Gasteiger partial charge in [-0.05, 0) is 25.8 Å². The fraction of sp³-hybridized carbons (Fsp3) is 1.00. The highest BCUT2D eigenvalue weighted by Gasteiger charge is 2.19. The number of nitrogens with two attached hydrogens (primary N) is 1. The minimum atomic E-state index is 0.330. The molecule has 0 aromatic heterocycles. The first-order valence-corrected chi connectivity index (χ1v) is 6.35. The van der Waals surface area contributed by atoms with Crippen molar-refractivity contribution in [2.75, 3.05) is 26.2 Å². The summed E-state index contributed by atoms with van der Waals surface area (Å²) in [5.74, 6) is 0. The van der Waals surface area contributed by atoms with E-state index in [0.717, 1.165) is 32.7 Å². The van der Waals surface area contributed by atoms with Crippen molar-refractivity contribution in [3.63, 3.8) is 0 Å². The Morgan fingerprint density at radius 2 is 2.27 bits per heavy atom. The van der Waals surface area contributed by atoms with E-state index < -0.39 is 0 Å². The van der Waals surface area contributed by atoms with Crippen LogP contribution in [-0.2, 0) is 4.74 Å². The van der Waals surface area contributed by atoms with Gasteiger partial charge < -0.3 is 10.5 Å². The van der Waals surface area contributed by atoms with Crippen LogP contribution in [0.5, 0.6) is 0 Å². The minimum absolute atomic E-state index is 0.330. The number of hydrogen-bond donors (Lipinski definition) is 1. The Bertz CT molecular complexity index is 158. The molecule has 2 atom stereocenters. The zero-order chi connectivity index (χ0) is 11.1. The van der Waals surface area contributed by atoms with Crippen LogP contribution in [0.2, 0.25) is 0 Å². The Balaban J connectivity index is 2.21. The summed E-state index contributed by atoms with van der Waals surface area (Å²) in [5, 5.41) is 0. The van der Waals surface area contributed by atoms with E-state index >= 15 is 0 Å². The van der Waals surface area contributed by atoms with Crippen molar-refractivity contribution < 1.29 is 4.74 Å². The third-order valence-corrected chi connectivity index (χ3v) is 3.09. The number of rotatable bonds is 7. The fourth-order valence-electron chi connectivity index (χ4n) is 2.20. The van der Waals surface area contributed by atoms with E-state index in [-0.39, 0.29) is 0 Å². The van der Waals surface area contributed by atoms with E-state index in [1.807, 2.05) is 0 Å². The average molecular weight is 214 g/mol. The molecule has 0 bridgehead atoms. The largest absolute Gasteiger partial charge is 0.377 e. The van der Waals surface area contributed by atoms with Crippen LogP contribution < -0.4 is 5.73 Å². The smallest absolute Gasteiger partial charge is 0.0702 e. The summed E-state index contributed by atoms with van der Waals surface area (Å²) in [6.45, 7) is 8.50. The standard InChI is InChI=1S/C12H26N2O/c1-3-6-11(13)9-14(4-2)10-12-7-5-8-15-12/h11-12H,3-10,13H2,1-2H3. The van der Waals surface area contributed by atoms with Crippen molar-refractivity contribution in [2.24, 2.45) is 5.73 Å². The maximum Gasteiger partial charge on any atom is 0.0702 e. The Hall–Kier alpha value is -0.120. The minimum Gasteiger partial charge on any atom is -0.377 e. The number of likely N-dealkylation sites (N-methyl/N-ethyl adjacent to an activating group) is 1. The van der Waals surface area contributed by atoms with Gasteiger partial charge in [-0.25, -0.2) is 0 Å². The molecule has 0 amide bonds. The maximum absolute atomic E-state index is 6.05. The zero-order valence-electron chi connectivity index (χ0n) is 10.2. The van der Waals surface area contributed by atoms with Gasteiger partial charge in [0.1, 0.15) is 0 Å². The predicted molar refractivity (Wildman–Crippen MR) is 64.0 cm³/mol. The van der Waals surface area contributed by atoms with Gasteiger partial charge in [0.25, 0.3) is 0 Å². The summed E-state index contributed by atoms with van der Waals surface area (Å²) in [4.78, 5) is 2.43. The number of nitrogens with zero attached hydrogens (tertiary/aromatic N) is 1. The average Bonchev–Trinajstić information content (AvgIpc) is 2.70. The molecule has 3 nitrogen and oxygen atoms in total. The first-order chi connectivity index (χ1) is 7.26. The second-order valence-electron chi connectivity index (χ2n) is 4.54. The van der Waals surface area contributed by atoms with Crippen molar-refractivity contribution in [1.29, 1.82) is 0 Å². The summed E-state index contributed by atoms with van der Waals surface area (Å²) in [5.41, 5.74) is 6.05. The van der Waals surface area contributed by atoms with E-state index in [9.17, 15) is 0 Å². The lowest BCUT2D eigenvalue weighted by atomic mass is 10.1. The van der Waals surface area contributed by atoms with Crippen LogP contribution in [0.4, 0.5) is 0 Å². The molecule has 0 saturated carbocycles. The zero-order valence-corrected chi connectivity index (χ0v) is 10.2. The van der Waals surface area contributed by atoms with E-state index in [4.69, 9.17) is 10.5 Å². The van der Waals surface area contributed by atoms with Gasteiger partial charge in [-0.1, -0.05) is 20.3 Å². The molecule has 1 fully saturated rings. The molecule has 90 valence electrons. The Morgan fingerprint density at radius 3 is 2.80 bits per heavy atom. The van der Waals surface area contributed by atoms with Gasteiger partial charge in [0.05, 0.1) is 6.10 Å². The molecule has 0 aliphatic carbocycles. The topological polar surface area (TPSA) is 38.5 Å². The quantitative estimate of drug-likeness (QED) is 0.700. The maximum atomic E-state index is 6.05. The van der Waals surface area contributed by atoms with Gasteiger partial charge in [-0.15, -0.1) is 0 Å². The highest BCUT2D eigenvalue weighted by molar-refractivity contribution is 4.73. The first kappa shape index (κ1) is 12.9. The third kappa shape index (κ3) is 4.96. The molecule has 0 radical (unpaired) electrons. The molecular weight excluding hydrogens is 188 g/mol. The van der Waals surface area contributed by atoms with Gasteiger partial charge in [0.15, 0.2) is 0 Å². The molecule has 1 aliphatic heterocycles. The van der Waals surface area contributed by atoms with E-state index in [2.05, 4.69) is 18.7 Å². The van der Waals surface area contributed by atoms with Crippen LogP contribution in [0, 0.1) is 0 Å². The Kier molecular flexibility index (Phi) is 6.22. The molecule has 1 aliphatic rings. The van der Waals surface area contributed by atoms with E-state index in [0.29, 0.717) is 12.1 Å². The number of ether oxygens (including phenoxy) is 1. The van der Waals surface area contributed by atoms with Crippen LogP contribution >= 0.6 is 0 Å². The summed E-state index contributed by atoms with van der Waals surface area (Å²) >= 11 is 0. The summed E-state index contributed by atoms with van der Waals surface area (Å²) < 4.78 is 5.64. The van der Waals surface area contributed by atoms with Crippen molar-refractivity contribution in [3.05, 3.63) is 0 Å². The van der Waals surface area contributed by atoms with Crippen LogP contribution in [0.15, 0.2) is 0 Å². The first-order valence-electron chi connectivity index (χ1n) is 6.35. The lowest BCUT2D eigenvalue weighted by Gasteiger charge is -2.26. The van der Waals surface area contributed by atoms with Crippen molar-refractivity contribution in [1.82, 2.24) is 4.90 Å². The van der Waals surface area contributed by atoms with Crippen molar-refractivity contribution in [2.45, 2.75) is 51.7 Å². The molecule has 3 heteroatoms. The second kappa shape index (κ2) is 7.20. The molecule has 15 heavy (non-hydrogen) atoms. The SMILES string of the molecule is CCCC(N)CN(CC)CC1CCCO1. The van der Waals surface area contributed by atoms with Gasteiger partial charge in [-0.2, -0.15) is 0 Å².